The lowest BCUT2D eigenvalue weighted by molar-refractivity contribution is 0.0508. The van der Waals surface area contributed by atoms with Crippen molar-refractivity contribution in [1.29, 1.82) is 0 Å². The van der Waals surface area contributed by atoms with Crippen molar-refractivity contribution in [3.8, 4) is 0 Å². The van der Waals surface area contributed by atoms with Crippen LogP contribution in [0.25, 0.3) is 0 Å². The van der Waals surface area contributed by atoms with E-state index in [1.54, 1.807) is 33.8 Å². The van der Waals surface area contributed by atoms with E-state index >= 15 is 0 Å². The summed E-state index contributed by atoms with van der Waals surface area (Å²) in [5, 5.41) is 5.71. The Morgan fingerprint density at radius 3 is 2.61 bits per heavy atom. The molecule has 0 saturated heterocycles. The zero-order valence-electron chi connectivity index (χ0n) is 16.6. The zero-order valence-corrected chi connectivity index (χ0v) is 17.5. The molecule has 0 bridgehead atoms. The maximum Gasteiger partial charge on any atom is 0.407 e. The van der Waals surface area contributed by atoms with Crippen LogP contribution in [0.15, 0.2) is 33.1 Å². The quantitative estimate of drug-likeness (QED) is 0.770. The third-order valence-electron chi connectivity index (χ3n) is 3.38. The average Bonchev–Trinajstić information content (AvgIpc) is 2.79. The Hall–Kier alpha value is -2.62. The van der Waals surface area contributed by atoms with Crippen LogP contribution in [0.2, 0.25) is 0 Å². The van der Waals surface area contributed by atoms with Crippen LogP contribution >= 0.6 is 0 Å². The summed E-state index contributed by atoms with van der Waals surface area (Å²) in [4.78, 5) is 11.9. The summed E-state index contributed by atoms with van der Waals surface area (Å²) in [6.07, 6.45) is 0.0868. The van der Waals surface area contributed by atoms with Crippen molar-refractivity contribution in [2.24, 2.45) is 8.80 Å². The largest absolute Gasteiger partial charge is 0.475 e. The fraction of sp³-hybridized carbons (Fsp3) is 0.500. The number of carbonyl (C=O) groups excluding carboxylic acids is 1. The van der Waals surface area contributed by atoms with Crippen molar-refractivity contribution in [1.82, 2.24) is 5.32 Å². The van der Waals surface area contributed by atoms with Crippen molar-refractivity contribution in [3.63, 3.8) is 0 Å². The van der Waals surface area contributed by atoms with E-state index < -0.39 is 21.9 Å². The second-order valence-electron chi connectivity index (χ2n) is 7.29. The highest BCUT2D eigenvalue weighted by Gasteiger charge is 2.26. The van der Waals surface area contributed by atoms with Crippen LogP contribution in [0.5, 0.6) is 0 Å². The Morgan fingerprint density at radius 1 is 1.25 bits per heavy atom. The van der Waals surface area contributed by atoms with Crippen LogP contribution < -0.4 is 10.6 Å². The Bertz CT molecular complexity index is 887. The number of carbonyl (C=O) groups is 1. The predicted molar refractivity (Wildman–Crippen MR) is 108 cm³/mol. The molecule has 2 N–H and O–H groups in total. The van der Waals surface area contributed by atoms with Gasteiger partial charge < -0.3 is 20.1 Å². The zero-order chi connectivity index (χ0) is 20.9. The molecule has 2 rings (SSSR count). The molecule has 0 saturated carbocycles. The molecule has 9 nitrogen and oxygen atoms in total. The summed E-state index contributed by atoms with van der Waals surface area (Å²) in [6, 6.07) is 7.18. The molecule has 1 atom stereocenters. The molecule has 1 aliphatic rings. The van der Waals surface area contributed by atoms with Gasteiger partial charge in [-0.3, -0.25) is 0 Å². The van der Waals surface area contributed by atoms with Crippen molar-refractivity contribution >= 4 is 33.7 Å². The van der Waals surface area contributed by atoms with Gasteiger partial charge in [0.25, 0.3) is 5.90 Å². The van der Waals surface area contributed by atoms with Gasteiger partial charge in [0.15, 0.2) is 0 Å². The highest BCUT2D eigenvalue weighted by Crippen LogP contribution is 2.16. The van der Waals surface area contributed by atoms with E-state index in [2.05, 4.69) is 19.4 Å². The smallest absolute Gasteiger partial charge is 0.407 e. The van der Waals surface area contributed by atoms with E-state index in [1.165, 1.54) is 0 Å². The van der Waals surface area contributed by atoms with E-state index in [9.17, 15) is 13.2 Å². The number of nitrogens with zero attached hydrogens (tertiary/aromatic N) is 2. The van der Waals surface area contributed by atoms with Gasteiger partial charge in [0, 0.05) is 11.7 Å². The maximum absolute atomic E-state index is 11.9. The molecule has 154 valence electrons. The van der Waals surface area contributed by atoms with Crippen molar-refractivity contribution in [2.75, 3.05) is 11.9 Å². The van der Waals surface area contributed by atoms with E-state index in [4.69, 9.17) is 9.47 Å². The first-order valence-corrected chi connectivity index (χ1v) is 10.3. The minimum absolute atomic E-state index is 0.0407. The standard InChI is InChI=1S/C18H26N4O5S/c1-6-26-16-15(21-28(24,25)22-16)20-14-9-7-8-13(11-14)10-12(2)19-17(23)27-18(3,4)5/h7-9,11-12H,6,10H2,1-5H3,(H,19,23)(H,20,21). The van der Waals surface area contributed by atoms with E-state index in [1.807, 2.05) is 25.1 Å². The Labute approximate surface area is 165 Å². The van der Waals surface area contributed by atoms with Crippen molar-refractivity contribution in [2.45, 2.75) is 52.7 Å². The number of amidine groups is 1. The summed E-state index contributed by atoms with van der Waals surface area (Å²) in [6.45, 7) is 9.28. The molecule has 0 radical (unpaired) electrons. The number of hydrogen-bond acceptors (Lipinski definition) is 6. The molecule has 1 aromatic rings. The monoisotopic (exact) mass is 410 g/mol. The molecular weight excluding hydrogens is 384 g/mol. The third kappa shape index (κ3) is 6.84. The second kappa shape index (κ2) is 8.59. The number of nitrogens with one attached hydrogen (secondary N) is 2. The van der Waals surface area contributed by atoms with Gasteiger partial charge in [0.2, 0.25) is 5.84 Å². The molecule has 0 fully saturated rings. The van der Waals surface area contributed by atoms with Gasteiger partial charge in [0.1, 0.15) is 5.60 Å². The number of anilines is 1. The van der Waals surface area contributed by atoms with Gasteiger partial charge in [-0.15, -0.1) is 8.80 Å². The highest BCUT2D eigenvalue weighted by molar-refractivity contribution is 7.89. The van der Waals surface area contributed by atoms with Crippen LogP contribution in [0, 0.1) is 0 Å². The van der Waals surface area contributed by atoms with Crippen LogP contribution in [0.1, 0.15) is 40.2 Å². The van der Waals surface area contributed by atoms with Crippen molar-refractivity contribution < 1.29 is 22.7 Å². The van der Waals surface area contributed by atoms with Crippen molar-refractivity contribution in [3.05, 3.63) is 29.8 Å². The summed E-state index contributed by atoms with van der Waals surface area (Å²) >= 11 is 0. The fourth-order valence-corrected chi connectivity index (χ4v) is 3.20. The molecule has 1 heterocycles. The minimum atomic E-state index is -3.92. The molecule has 0 spiro atoms. The number of amides is 1. The van der Waals surface area contributed by atoms with Crippen LogP contribution in [0.3, 0.4) is 0 Å². The van der Waals surface area contributed by atoms with E-state index in [0.29, 0.717) is 12.1 Å². The second-order valence-corrected chi connectivity index (χ2v) is 8.55. The number of rotatable bonds is 5. The molecule has 1 unspecified atom stereocenters. The normalized spacial score (nSPS) is 16.6. The summed E-state index contributed by atoms with van der Waals surface area (Å²) in [5.74, 6) is -0.0215. The Balaban J connectivity index is 2.02. The van der Waals surface area contributed by atoms with Crippen LogP contribution in [-0.4, -0.2) is 44.5 Å². The van der Waals surface area contributed by atoms with Gasteiger partial charge in [-0.1, -0.05) is 12.1 Å². The average molecular weight is 410 g/mol. The van der Waals surface area contributed by atoms with Crippen LogP contribution in [-0.2, 0) is 26.1 Å². The van der Waals surface area contributed by atoms with Crippen LogP contribution in [0.4, 0.5) is 10.5 Å². The molecule has 28 heavy (non-hydrogen) atoms. The molecule has 1 aromatic carbocycles. The van der Waals surface area contributed by atoms with Gasteiger partial charge in [0.05, 0.1) is 6.61 Å². The number of alkyl carbamates (subject to hydrolysis) is 1. The molecule has 1 aliphatic heterocycles. The first kappa shape index (κ1) is 21.7. The first-order chi connectivity index (χ1) is 13.0. The third-order valence-corrected chi connectivity index (χ3v) is 4.19. The number of ether oxygens (including phenoxy) is 2. The topological polar surface area (TPSA) is 118 Å². The Morgan fingerprint density at radius 2 is 1.96 bits per heavy atom. The molecule has 0 aliphatic carbocycles. The SMILES string of the molecule is CCOC1=NS(=O)(=O)N=C1Nc1cccc(CC(C)NC(=O)OC(C)(C)C)c1. The number of hydrogen-bond donors (Lipinski definition) is 2. The van der Waals surface area contributed by atoms with E-state index in [-0.39, 0.29) is 24.4 Å². The van der Waals surface area contributed by atoms with E-state index in [0.717, 1.165) is 5.56 Å². The summed E-state index contributed by atoms with van der Waals surface area (Å²) < 4.78 is 40.7. The van der Waals surface area contributed by atoms with Gasteiger partial charge in [-0.05, 0) is 58.7 Å². The van der Waals surface area contributed by atoms with Gasteiger partial charge >= 0.3 is 16.3 Å². The molecule has 10 heteroatoms. The van der Waals surface area contributed by atoms with Gasteiger partial charge in [-0.2, -0.15) is 8.42 Å². The minimum Gasteiger partial charge on any atom is -0.475 e. The first-order valence-electron chi connectivity index (χ1n) is 8.91. The van der Waals surface area contributed by atoms with Gasteiger partial charge in [-0.25, -0.2) is 4.79 Å². The lowest BCUT2D eigenvalue weighted by Gasteiger charge is -2.22. The lowest BCUT2D eigenvalue weighted by Crippen LogP contribution is -2.38. The summed E-state index contributed by atoms with van der Waals surface area (Å²) in [7, 11) is -3.92. The number of benzene rings is 1. The molecule has 0 aromatic heterocycles. The Kier molecular flexibility index (Phi) is 6.65. The molecule has 1 amide bonds. The fourth-order valence-electron chi connectivity index (χ4n) is 2.46. The molecular formula is C18H26N4O5S. The lowest BCUT2D eigenvalue weighted by atomic mass is 10.1. The maximum atomic E-state index is 11.9. The summed E-state index contributed by atoms with van der Waals surface area (Å²) in [5.41, 5.74) is 1.01. The predicted octanol–water partition coefficient (Wildman–Crippen LogP) is 2.65. The highest BCUT2D eigenvalue weighted by atomic mass is 32.2.